The van der Waals surface area contributed by atoms with Crippen molar-refractivity contribution in [1.29, 1.82) is 0 Å². The number of anilines is 2. The molecule has 0 saturated carbocycles. The Kier molecular flexibility index (Phi) is 8.21. The molecule has 198 valence electrons. The number of carbonyl (C=O) groups is 4. The third kappa shape index (κ3) is 6.21. The van der Waals surface area contributed by atoms with Crippen molar-refractivity contribution >= 4 is 78.8 Å². The Balaban J connectivity index is 1.63. The highest BCUT2D eigenvalue weighted by atomic mass is 79.9. The van der Waals surface area contributed by atoms with Gasteiger partial charge in [-0.2, -0.15) is 0 Å². The number of hydrogen-bond donors (Lipinski definition) is 2. The molecule has 4 rings (SSSR count). The van der Waals surface area contributed by atoms with Crippen LogP contribution < -0.4 is 20.3 Å². The van der Waals surface area contributed by atoms with Crippen LogP contribution in [-0.4, -0.2) is 35.3 Å². The molecule has 0 atom stereocenters. The molecule has 1 fully saturated rings. The van der Waals surface area contributed by atoms with Crippen molar-refractivity contribution in [1.82, 2.24) is 5.32 Å². The van der Waals surface area contributed by atoms with Gasteiger partial charge in [-0.25, -0.2) is 9.69 Å². The number of para-hydroxylation sites is 1. The van der Waals surface area contributed by atoms with Crippen molar-refractivity contribution in [3.63, 3.8) is 0 Å². The lowest BCUT2D eigenvalue weighted by Crippen LogP contribution is -2.54. The van der Waals surface area contributed by atoms with Gasteiger partial charge in [-0.1, -0.05) is 34.1 Å². The van der Waals surface area contributed by atoms with E-state index in [1.54, 1.807) is 24.3 Å². The summed E-state index contributed by atoms with van der Waals surface area (Å²) < 4.78 is 6.77. The van der Waals surface area contributed by atoms with E-state index in [1.807, 2.05) is 19.1 Å². The van der Waals surface area contributed by atoms with Gasteiger partial charge in [0.2, 0.25) is 0 Å². The van der Waals surface area contributed by atoms with Gasteiger partial charge < -0.3 is 10.1 Å². The van der Waals surface area contributed by atoms with Crippen LogP contribution in [0.1, 0.15) is 11.1 Å². The summed E-state index contributed by atoms with van der Waals surface area (Å²) in [6, 6.07) is 14.2. The maximum absolute atomic E-state index is 13.3. The molecule has 1 saturated heterocycles. The van der Waals surface area contributed by atoms with Crippen molar-refractivity contribution in [2.24, 2.45) is 0 Å². The Morgan fingerprint density at radius 3 is 2.46 bits per heavy atom. The second-order valence-electron chi connectivity index (χ2n) is 8.19. The quantitative estimate of drug-likeness (QED) is 0.155. The van der Waals surface area contributed by atoms with Gasteiger partial charge in [0.25, 0.3) is 23.4 Å². The summed E-state index contributed by atoms with van der Waals surface area (Å²) in [4.78, 5) is 62.0. The molecule has 0 bridgehead atoms. The zero-order chi connectivity index (χ0) is 28.3. The van der Waals surface area contributed by atoms with E-state index in [0.717, 1.165) is 17.7 Å². The van der Waals surface area contributed by atoms with Crippen molar-refractivity contribution < 1.29 is 28.8 Å². The van der Waals surface area contributed by atoms with Gasteiger partial charge in [0.15, 0.2) is 6.61 Å². The number of ether oxygens (including phenoxy) is 1. The summed E-state index contributed by atoms with van der Waals surface area (Å²) in [6.45, 7) is 1.47. The highest BCUT2D eigenvalue weighted by Crippen LogP contribution is 2.35. The number of hydrogen-bond acceptors (Lipinski definition) is 7. The molecule has 2 N–H and O–H groups in total. The Morgan fingerprint density at radius 1 is 1.10 bits per heavy atom. The number of amides is 5. The minimum absolute atomic E-state index is 0.0290. The maximum atomic E-state index is 13.3. The van der Waals surface area contributed by atoms with Crippen LogP contribution >= 0.6 is 31.9 Å². The Morgan fingerprint density at radius 2 is 1.79 bits per heavy atom. The number of imide groups is 2. The van der Waals surface area contributed by atoms with E-state index in [0.29, 0.717) is 19.5 Å². The van der Waals surface area contributed by atoms with E-state index >= 15 is 0 Å². The molecular formula is C26H18Br2N4O7. The standard InChI is InChI=1S/C26H18Br2N4O7/c1-14-4-2-3-5-21(14)29-22(33)13-39-23-15(10-16(27)12-20(23)28)11-19-24(34)30-26(36)31(25(19)35)17-6-8-18(9-7-17)32(37)38/h2-12H,13H2,1H3,(H,29,33)(H,30,34,36)/b19-11-. The number of nitrogens with zero attached hydrogens (tertiary/aromatic N) is 2. The summed E-state index contributed by atoms with van der Waals surface area (Å²) in [7, 11) is 0. The van der Waals surface area contributed by atoms with Gasteiger partial charge in [-0.05, 0) is 64.8 Å². The van der Waals surface area contributed by atoms with E-state index in [9.17, 15) is 29.3 Å². The molecule has 13 heteroatoms. The van der Waals surface area contributed by atoms with Crippen LogP contribution in [0.15, 0.2) is 75.2 Å². The van der Waals surface area contributed by atoms with Gasteiger partial charge in [-0.3, -0.25) is 29.8 Å². The molecule has 1 heterocycles. The third-order valence-electron chi connectivity index (χ3n) is 5.52. The van der Waals surface area contributed by atoms with Gasteiger partial charge >= 0.3 is 6.03 Å². The molecule has 5 amide bonds. The lowest BCUT2D eigenvalue weighted by molar-refractivity contribution is -0.384. The number of benzene rings is 3. The van der Waals surface area contributed by atoms with Crippen molar-refractivity contribution in [3.05, 3.63) is 96.4 Å². The Labute approximate surface area is 238 Å². The number of aryl methyl sites for hydroxylation is 1. The highest BCUT2D eigenvalue weighted by Gasteiger charge is 2.37. The average Bonchev–Trinajstić information content (AvgIpc) is 2.87. The zero-order valence-electron chi connectivity index (χ0n) is 20.1. The monoisotopic (exact) mass is 656 g/mol. The summed E-state index contributed by atoms with van der Waals surface area (Å²) in [5.41, 5.74) is 1.16. The molecular weight excluding hydrogens is 640 g/mol. The van der Waals surface area contributed by atoms with Crippen LogP contribution in [0, 0.1) is 17.0 Å². The number of nitro groups is 1. The molecule has 1 aliphatic rings. The number of non-ortho nitro benzene ring substituents is 1. The number of halogens is 2. The number of nitrogens with one attached hydrogen (secondary N) is 2. The number of rotatable bonds is 7. The highest BCUT2D eigenvalue weighted by molar-refractivity contribution is 9.11. The van der Waals surface area contributed by atoms with Crippen molar-refractivity contribution in [2.75, 3.05) is 16.8 Å². The van der Waals surface area contributed by atoms with Gasteiger partial charge in [0, 0.05) is 27.9 Å². The summed E-state index contributed by atoms with van der Waals surface area (Å²) in [6.07, 6.45) is 1.23. The summed E-state index contributed by atoms with van der Waals surface area (Å²) in [5.74, 6) is -2.15. The normalized spacial score (nSPS) is 14.3. The fourth-order valence-corrected chi connectivity index (χ4v) is 5.02. The van der Waals surface area contributed by atoms with Crippen molar-refractivity contribution in [2.45, 2.75) is 6.92 Å². The lowest BCUT2D eigenvalue weighted by atomic mass is 10.1. The predicted octanol–water partition coefficient (Wildman–Crippen LogP) is 5.11. The summed E-state index contributed by atoms with van der Waals surface area (Å²) >= 11 is 6.73. The fourth-order valence-electron chi connectivity index (χ4n) is 3.65. The van der Waals surface area contributed by atoms with Crippen molar-refractivity contribution in [3.8, 4) is 5.75 Å². The molecule has 11 nitrogen and oxygen atoms in total. The third-order valence-corrected chi connectivity index (χ3v) is 6.57. The first kappa shape index (κ1) is 27.7. The van der Waals surface area contributed by atoms with E-state index in [-0.39, 0.29) is 29.3 Å². The molecule has 1 aliphatic heterocycles. The first-order valence-electron chi connectivity index (χ1n) is 11.2. The molecule has 0 radical (unpaired) electrons. The van der Waals surface area contributed by atoms with Crippen LogP contribution in [0.25, 0.3) is 6.08 Å². The smallest absolute Gasteiger partial charge is 0.335 e. The predicted molar refractivity (Wildman–Crippen MR) is 149 cm³/mol. The van der Waals surface area contributed by atoms with Crippen LogP contribution in [0.5, 0.6) is 5.75 Å². The topological polar surface area (TPSA) is 148 Å². The molecule has 39 heavy (non-hydrogen) atoms. The SMILES string of the molecule is Cc1ccccc1NC(=O)COc1c(Br)cc(Br)cc1/C=C1/C(=O)NC(=O)N(c2ccc([N+](=O)[O-])cc2)C1=O. The Hall–Kier alpha value is -4.36. The van der Waals surface area contributed by atoms with Crippen LogP contribution in [0.4, 0.5) is 21.9 Å². The molecule has 0 aromatic heterocycles. The molecule has 0 aliphatic carbocycles. The van der Waals surface area contributed by atoms with Gasteiger partial charge in [0.05, 0.1) is 15.1 Å². The first-order chi connectivity index (χ1) is 18.5. The van der Waals surface area contributed by atoms with Gasteiger partial charge in [-0.15, -0.1) is 0 Å². The average molecular weight is 658 g/mol. The zero-order valence-corrected chi connectivity index (χ0v) is 23.2. The lowest BCUT2D eigenvalue weighted by Gasteiger charge is -2.26. The van der Waals surface area contributed by atoms with E-state index in [4.69, 9.17) is 4.74 Å². The van der Waals surface area contributed by atoms with E-state index < -0.39 is 34.2 Å². The minimum atomic E-state index is -1.00. The summed E-state index contributed by atoms with van der Waals surface area (Å²) in [5, 5.41) is 15.8. The van der Waals surface area contributed by atoms with Gasteiger partial charge in [0.1, 0.15) is 11.3 Å². The number of urea groups is 1. The second-order valence-corrected chi connectivity index (χ2v) is 9.96. The van der Waals surface area contributed by atoms with Crippen LogP contribution in [0.2, 0.25) is 0 Å². The minimum Gasteiger partial charge on any atom is -0.482 e. The molecule has 3 aromatic rings. The Bertz CT molecular complexity index is 1550. The largest absolute Gasteiger partial charge is 0.482 e. The van der Waals surface area contributed by atoms with Crippen LogP contribution in [0.3, 0.4) is 0 Å². The molecule has 0 unspecified atom stereocenters. The first-order valence-corrected chi connectivity index (χ1v) is 12.8. The number of nitro benzene ring substituents is 1. The number of barbiturate groups is 1. The molecule has 0 spiro atoms. The fraction of sp³-hybridized carbons (Fsp3) is 0.0769. The number of carbonyl (C=O) groups excluding carboxylic acids is 4. The van der Waals surface area contributed by atoms with E-state index in [1.165, 1.54) is 18.2 Å². The second kappa shape index (κ2) is 11.6. The van der Waals surface area contributed by atoms with Crippen LogP contribution in [-0.2, 0) is 14.4 Å². The maximum Gasteiger partial charge on any atom is 0.335 e. The van der Waals surface area contributed by atoms with E-state index in [2.05, 4.69) is 42.5 Å². The molecule has 3 aromatic carbocycles.